The Hall–Kier alpha value is -1.58. The molecule has 0 aromatic heterocycles. The quantitative estimate of drug-likeness (QED) is 0.808. The smallest absolute Gasteiger partial charge is 0.254 e. The van der Waals surface area contributed by atoms with Gasteiger partial charge in [-0.2, -0.15) is 0 Å². The van der Waals surface area contributed by atoms with Crippen molar-refractivity contribution in [3.05, 3.63) is 29.3 Å². The normalized spacial score (nSPS) is 13.0. The SMILES string of the molecule is CCC(COC)NC(=O)c1cc(S(N)(=O)=O)c(F)cc1F. The van der Waals surface area contributed by atoms with Crippen LogP contribution in [0.4, 0.5) is 8.78 Å². The number of benzene rings is 1. The molecule has 0 aliphatic heterocycles. The molecule has 1 unspecified atom stereocenters. The molecule has 1 amide bonds. The third kappa shape index (κ3) is 4.45. The van der Waals surface area contributed by atoms with Crippen molar-refractivity contribution < 1.29 is 26.7 Å². The molecule has 0 bridgehead atoms. The van der Waals surface area contributed by atoms with Gasteiger partial charge in [-0.25, -0.2) is 22.3 Å². The van der Waals surface area contributed by atoms with Gasteiger partial charge in [-0.3, -0.25) is 4.79 Å². The fourth-order valence-corrected chi connectivity index (χ4v) is 2.26. The topological polar surface area (TPSA) is 98.5 Å². The van der Waals surface area contributed by atoms with Crippen molar-refractivity contribution in [1.82, 2.24) is 5.32 Å². The molecule has 0 aliphatic carbocycles. The Balaban J connectivity index is 3.15. The molecule has 0 aliphatic rings. The van der Waals surface area contributed by atoms with E-state index in [0.29, 0.717) is 18.6 Å². The zero-order valence-corrected chi connectivity index (χ0v) is 12.3. The van der Waals surface area contributed by atoms with Crippen LogP contribution in [0, 0.1) is 11.6 Å². The highest BCUT2D eigenvalue weighted by Crippen LogP contribution is 2.18. The van der Waals surface area contributed by atoms with Crippen molar-refractivity contribution in [3.63, 3.8) is 0 Å². The van der Waals surface area contributed by atoms with Gasteiger partial charge < -0.3 is 10.1 Å². The monoisotopic (exact) mass is 322 g/mol. The highest BCUT2D eigenvalue weighted by Gasteiger charge is 2.22. The number of hydrogen-bond acceptors (Lipinski definition) is 4. The highest BCUT2D eigenvalue weighted by molar-refractivity contribution is 7.89. The first kappa shape index (κ1) is 17.5. The number of nitrogens with one attached hydrogen (secondary N) is 1. The summed E-state index contributed by atoms with van der Waals surface area (Å²) in [5, 5.41) is 7.27. The fourth-order valence-electron chi connectivity index (χ4n) is 1.65. The van der Waals surface area contributed by atoms with Crippen LogP contribution in [-0.4, -0.2) is 34.1 Å². The second-order valence-corrected chi connectivity index (χ2v) is 5.87. The minimum atomic E-state index is -4.40. The minimum Gasteiger partial charge on any atom is -0.383 e. The van der Waals surface area contributed by atoms with Crippen LogP contribution in [-0.2, 0) is 14.8 Å². The molecule has 1 aromatic rings. The second kappa shape index (κ2) is 6.92. The van der Waals surface area contributed by atoms with Crippen LogP contribution in [0.2, 0.25) is 0 Å². The van der Waals surface area contributed by atoms with E-state index in [4.69, 9.17) is 9.88 Å². The average Bonchev–Trinajstić information content (AvgIpc) is 2.36. The van der Waals surface area contributed by atoms with Gasteiger partial charge in [0.2, 0.25) is 10.0 Å². The lowest BCUT2D eigenvalue weighted by molar-refractivity contribution is 0.0890. The predicted molar refractivity (Wildman–Crippen MR) is 71.2 cm³/mol. The molecule has 6 nitrogen and oxygen atoms in total. The maximum atomic E-state index is 13.6. The van der Waals surface area contributed by atoms with Crippen LogP contribution in [0.5, 0.6) is 0 Å². The molecule has 1 atom stereocenters. The largest absolute Gasteiger partial charge is 0.383 e. The molecular weight excluding hydrogens is 306 g/mol. The van der Waals surface area contributed by atoms with Crippen molar-refractivity contribution in [3.8, 4) is 0 Å². The number of hydrogen-bond donors (Lipinski definition) is 2. The van der Waals surface area contributed by atoms with Crippen LogP contribution in [0.15, 0.2) is 17.0 Å². The van der Waals surface area contributed by atoms with Crippen LogP contribution >= 0.6 is 0 Å². The molecule has 0 spiro atoms. The first-order chi connectivity index (χ1) is 9.70. The Morgan fingerprint density at radius 2 is 2.00 bits per heavy atom. The summed E-state index contributed by atoms with van der Waals surface area (Å²) in [5.41, 5.74) is -0.602. The lowest BCUT2D eigenvalue weighted by atomic mass is 10.1. The molecule has 1 aromatic carbocycles. The number of sulfonamides is 1. The standard InChI is InChI=1S/C12H16F2N2O4S/c1-3-7(6-20-2)16-12(17)8-4-11(21(15,18)19)10(14)5-9(8)13/h4-5,7H,3,6H2,1-2H3,(H,16,17)(H2,15,18,19). The summed E-state index contributed by atoms with van der Waals surface area (Å²) in [5.74, 6) is -3.40. The van der Waals surface area contributed by atoms with E-state index in [-0.39, 0.29) is 12.6 Å². The highest BCUT2D eigenvalue weighted by atomic mass is 32.2. The van der Waals surface area contributed by atoms with Gasteiger partial charge >= 0.3 is 0 Å². The lowest BCUT2D eigenvalue weighted by Gasteiger charge is -2.16. The van der Waals surface area contributed by atoms with Crippen LogP contribution in [0.25, 0.3) is 0 Å². The van der Waals surface area contributed by atoms with Gasteiger partial charge in [0.25, 0.3) is 5.91 Å². The number of amides is 1. The first-order valence-electron chi connectivity index (χ1n) is 6.02. The molecule has 0 radical (unpaired) electrons. The number of halogens is 2. The van der Waals surface area contributed by atoms with E-state index in [1.807, 2.05) is 0 Å². The number of primary sulfonamides is 1. The van der Waals surface area contributed by atoms with E-state index >= 15 is 0 Å². The molecule has 1 rings (SSSR count). The molecule has 9 heteroatoms. The zero-order valence-electron chi connectivity index (χ0n) is 11.5. The number of carbonyl (C=O) groups excluding carboxylic acids is 1. The van der Waals surface area contributed by atoms with E-state index in [9.17, 15) is 22.0 Å². The van der Waals surface area contributed by atoms with E-state index in [0.717, 1.165) is 0 Å². The summed E-state index contributed by atoms with van der Waals surface area (Å²) >= 11 is 0. The summed E-state index contributed by atoms with van der Waals surface area (Å²) < 4.78 is 54.3. The van der Waals surface area contributed by atoms with Crippen molar-refractivity contribution in [2.75, 3.05) is 13.7 Å². The van der Waals surface area contributed by atoms with Crippen molar-refractivity contribution in [2.24, 2.45) is 5.14 Å². The molecule has 0 saturated heterocycles. The van der Waals surface area contributed by atoms with Crippen molar-refractivity contribution in [2.45, 2.75) is 24.3 Å². The third-order valence-corrected chi connectivity index (χ3v) is 3.69. The molecule has 21 heavy (non-hydrogen) atoms. The molecular formula is C12H16F2N2O4S. The first-order valence-corrected chi connectivity index (χ1v) is 7.57. The summed E-state index contributed by atoms with van der Waals surface area (Å²) in [6.07, 6.45) is 0.518. The van der Waals surface area contributed by atoms with E-state index in [1.54, 1.807) is 6.92 Å². The summed E-state index contributed by atoms with van der Waals surface area (Å²) in [7, 11) is -2.96. The van der Waals surface area contributed by atoms with E-state index in [2.05, 4.69) is 5.32 Å². The van der Waals surface area contributed by atoms with Crippen LogP contribution in [0.3, 0.4) is 0 Å². The molecule has 0 fully saturated rings. The average molecular weight is 322 g/mol. The Labute approximate surface area is 121 Å². The number of ether oxygens (including phenoxy) is 1. The van der Waals surface area contributed by atoms with Crippen molar-refractivity contribution >= 4 is 15.9 Å². The van der Waals surface area contributed by atoms with Gasteiger partial charge in [-0.05, 0) is 12.5 Å². The Morgan fingerprint density at radius 3 is 2.48 bits per heavy atom. The van der Waals surface area contributed by atoms with Gasteiger partial charge in [-0.15, -0.1) is 0 Å². The third-order valence-electron chi connectivity index (χ3n) is 2.77. The maximum absolute atomic E-state index is 13.6. The van der Waals surface area contributed by atoms with Gasteiger partial charge in [-0.1, -0.05) is 6.92 Å². The Morgan fingerprint density at radius 1 is 1.38 bits per heavy atom. The zero-order chi connectivity index (χ0) is 16.2. The molecule has 0 saturated carbocycles. The fraction of sp³-hybridized carbons (Fsp3) is 0.417. The lowest BCUT2D eigenvalue weighted by Crippen LogP contribution is -2.38. The summed E-state index contributed by atoms with van der Waals surface area (Å²) in [4.78, 5) is 11.0. The number of carbonyl (C=O) groups is 1. The molecule has 3 N–H and O–H groups in total. The summed E-state index contributed by atoms with van der Waals surface area (Å²) in [6.45, 7) is 1.98. The minimum absolute atomic E-state index is 0.201. The van der Waals surface area contributed by atoms with Crippen molar-refractivity contribution in [1.29, 1.82) is 0 Å². The molecule has 118 valence electrons. The van der Waals surface area contributed by atoms with Crippen LogP contribution < -0.4 is 10.5 Å². The van der Waals surface area contributed by atoms with E-state index in [1.165, 1.54) is 7.11 Å². The van der Waals surface area contributed by atoms with Gasteiger partial charge in [0.15, 0.2) is 0 Å². The molecule has 0 heterocycles. The van der Waals surface area contributed by atoms with Gasteiger partial charge in [0, 0.05) is 13.2 Å². The number of nitrogens with two attached hydrogens (primary N) is 1. The summed E-state index contributed by atoms with van der Waals surface area (Å²) in [6, 6.07) is 0.505. The van der Waals surface area contributed by atoms with Gasteiger partial charge in [0.1, 0.15) is 16.5 Å². The van der Waals surface area contributed by atoms with Crippen LogP contribution in [0.1, 0.15) is 23.7 Å². The Kier molecular flexibility index (Phi) is 5.76. The maximum Gasteiger partial charge on any atom is 0.254 e. The predicted octanol–water partition coefficient (Wildman–Crippen LogP) is 0.767. The van der Waals surface area contributed by atoms with Gasteiger partial charge in [0.05, 0.1) is 18.2 Å². The second-order valence-electron chi connectivity index (χ2n) is 4.34. The Bertz CT molecular complexity index is 634. The number of methoxy groups -OCH3 is 1. The van der Waals surface area contributed by atoms with E-state index < -0.39 is 38.0 Å². The number of rotatable bonds is 6.